The summed E-state index contributed by atoms with van der Waals surface area (Å²) in [5.74, 6) is 0.0401. The highest BCUT2D eigenvalue weighted by Gasteiger charge is 2.31. The lowest BCUT2D eigenvalue weighted by Gasteiger charge is -2.29. The molecule has 76 heavy (non-hydrogen) atoms. The van der Waals surface area contributed by atoms with Crippen molar-refractivity contribution < 1.29 is 0 Å². The molecule has 0 radical (unpaired) electrons. The van der Waals surface area contributed by atoms with E-state index in [1.807, 2.05) is 0 Å². The molecule has 0 amide bonds. The van der Waals surface area contributed by atoms with Gasteiger partial charge >= 0.3 is 0 Å². The van der Waals surface area contributed by atoms with E-state index in [1.54, 1.807) is 0 Å². The van der Waals surface area contributed by atoms with Gasteiger partial charge in [-0.1, -0.05) is 151 Å². The third-order valence-corrected chi connectivity index (χ3v) is 18.0. The van der Waals surface area contributed by atoms with Gasteiger partial charge in [0.05, 0.1) is 5.69 Å². The Hall–Kier alpha value is -8.26. The zero-order valence-electron chi connectivity index (χ0n) is 46.2. The molecular formula is C75H65N. The number of hydrogen-bond acceptors (Lipinski definition) is 1. The molecule has 0 aliphatic carbocycles. The molecule has 13 aromatic carbocycles. The lowest BCUT2D eigenvalue weighted by Crippen LogP contribution is -2.12. The summed E-state index contributed by atoms with van der Waals surface area (Å²) >= 11 is 0. The van der Waals surface area contributed by atoms with Crippen molar-refractivity contribution in [2.75, 3.05) is 4.90 Å². The van der Waals surface area contributed by atoms with Crippen molar-refractivity contribution in [1.82, 2.24) is 0 Å². The quantitative estimate of drug-likeness (QED) is 0.137. The van der Waals surface area contributed by atoms with E-state index in [-0.39, 0.29) is 5.92 Å². The fourth-order valence-corrected chi connectivity index (χ4v) is 13.1. The topological polar surface area (TPSA) is 3.24 Å². The van der Waals surface area contributed by atoms with E-state index in [0.717, 1.165) is 5.69 Å². The summed E-state index contributed by atoms with van der Waals surface area (Å²) in [5.41, 5.74) is 28.3. The summed E-state index contributed by atoms with van der Waals surface area (Å²) in [6.07, 6.45) is 0. The lowest BCUT2D eigenvalue weighted by molar-refractivity contribution is 0.974. The predicted molar refractivity (Wildman–Crippen MR) is 330 cm³/mol. The van der Waals surface area contributed by atoms with Gasteiger partial charge in [0.15, 0.2) is 0 Å². The molecule has 0 saturated heterocycles. The normalized spacial score (nSPS) is 12.4. The molecule has 1 heteroatoms. The molecule has 1 unspecified atom stereocenters. The van der Waals surface area contributed by atoms with Crippen LogP contribution in [0.1, 0.15) is 89.4 Å². The van der Waals surface area contributed by atoms with E-state index >= 15 is 0 Å². The molecule has 13 rings (SSSR count). The van der Waals surface area contributed by atoms with Crippen LogP contribution in [0.5, 0.6) is 0 Å². The molecule has 0 fully saturated rings. The summed E-state index contributed by atoms with van der Waals surface area (Å²) in [7, 11) is 0. The van der Waals surface area contributed by atoms with Crippen LogP contribution in [0.4, 0.5) is 17.1 Å². The van der Waals surface area contributed by atoms with Crippen LogP contribution in [0.2, 0.25) is 0 Å². The number of hydrogen-bond donors (Lipinski definition) is 0. The Bertz CT molecular complexity index is 4110. The van der Waals surface area contributed by atoms with Crippen molar-refractivity contribution in [2.45, 2.75) is 89.0 Å². The van der Waals surface area contributed by atoms with Gasteiger partial charge in [-0.05, 0) is 267 Å². The first-order valence-electron chi connectivity index (χ1n) is 27.3. The molecule has 0 saturated carbocycles. The molecule has 370 valence electrons. The van der Waals surface area contributed by atoms with Crippen molar-refractivity contribution in [1.29, 1.82) is 0 Å². The summed E-state index contributed by atoms with van der Waals surface area (Å²) in [4.78, 5) is 2.51. The van der Waals surface area contributed by atoms with Crippen molar-refractivity contribution in [2.24, 2.45) is 0 Å². The monoisotopic (exact) mass is 980 g/mol. The number of benzene rings is 11. The molecule has 0 spiro atoms. The average Bonchev–Trinajstić information content (AvgIpc) is 4.01. The van der Waals surface area contributed by atoms with Crippen molar-refractivity contribution in [3.05, 3.63) is 253 Å². The maximum Gasteiger partial charge on any atom is 0.0540 e. The highest BCUT2D eigenvalue weighted by Crippen LogP contribution is 2.57. The second kappa shape index (κ2) is 17.7. The standard InChI is InChI=1S/C75H65N/c1-41-19-25-53(26-20-41)68-72-62-17-13-15-59-60(67(55-29-23-43(3)45(5)35-55)56-36-47(7)51(11)48(8)37-56)31-32-64(70(59)62)74(72)69(54-27-21-42(2)22-28-54)73-63-18-14-16-61-66(34-33-65(71(61)63)75(68)73)76(57-30-24-44(4)46(6)38-57)58-39-49(9)52(12)50(10)40-58/h13-40,67H,1-12H3. The average molecular weight is 980 g/mol. The van der Waals surface area contributed by atoms with Crippen LogP contribution < -0.4 is 4.90 Å². The fourth-order valence-electron chi connectivity index (χ4n) is 13.1. The summed E-state index contributed by atoms with van der Waals surface area (Å²) in [6.45, 7) is 26.9. The zero-order valence-corrected chi connectivity index (χ0v) is 46.2. The van der Waals surface area contributed by atoms with Gasteiger partial charge in [0.1, 0.15) is 0 Å². The second-order valence-electron chi connectivity index (χ2n) is 22.6. The minimum atomic E-state index is 0.0401. The Labute approximate surface area is 448 Å². The third-order valence-electron chi connectivity index (χ3n) is 18.0. The van der Waals surface area contributed by atoms with E-state index in [9.17, 15) is 0 Å². The number of fused-ring (bicyclic) bond motifs is 6. The number of nitrogens with zero attached hydrogens (tertiary/aromatic N) is 1. The Morgan fingerprint density at radius 3 is 1.24 bits per heavy atom. The van der Waals surface area contributed by atoms with E-state index < -0.39 is 0 Å². The molecule has 0 aliphatic heterocycles. The summed E-state index contributed by atoms with van der Waals surface area (Å²) in [6, 6.07) is 66.5. The van der Waals surface area contributed by atoms with Gasteiger partial charge in [-0.3, -0.25) is 0 Å². The van der Waals surface area contributed by atoms with Crippen molar-refractivity contribution in [3.8, 4) is 22.3 Å². The van der Waals surface area contributed by atoms with E-state index in [4.69, 9.17) is 0 Å². The molecule has 0 aliphatic rings. The van der Waals surface area contributed by atoms with Gasteiger partial charge in [-0.2, -0.15) is 0 Å². The summed E-state index contributed by atoms with van der Waals surface area (Å²) in [5, 5.41) is 15.7. The molecule has 0 aromatic heterocycles. The number of aryl methyl sites for hydroxylation is 10. The van der Waals surface area contributed by atoms with Crippen LogP contribution in [0.3, 0.4) is 0 Å². The molecule has 1 nitrogen and oxygen atoms in total. The lowest BCUT2D eigenvalue weighted by atomic mass is 9.80. The largest absolute Gasteiger partial charge is 0.310 e. The first-order valence-corrected chi connectivity index (χ1v) is 27.3. The minimum absolute atomic E-state index is 0.0401. The molecule has 0 N–H and O–H groups in total. The van der Waals surface area contributed by atoms with Crippen LogP contribution in [-0.4, -0.2) is 0 Å². The van der Waals surface area contributed by atoms with Gasteiger partial charge in [0.2, 0.25) is 0 Å². The van der Waals surface area contributed by atoms with E-state index in [2.05, 4.69) is 258 Å². The molecule has 0 heterocycles. The van der Waals surface area contributed by atoms with Gasteiger partial charge < -0.3 is 4.90 Å². The number of rotatable bonds is 8. The summed E-state index contributed by atoms with van der Waals surface area (Å²) < 4.78 is 0. The zero-order chi connectivity index (χ0) is 52.6. The minimum Gasteiger partial charge on any atom is -0.310 e. The maximum atomic E-state index is 2.51. The molecule has 0 bridgehead atoms. The Kier molecular flexibility index (Phi) is 11.0. The van der Waals surface area contributed by atoms with E-state index in [1.165, 1.54) is 182 Å². The fraction of sp³-hybridized carbons (Fsp3) is 0.173. The molecule has 1 atom stereocenters. The first kappa shape index (κ1) is 47.5. The highest BCUT2D eigenvalue weighted by molar-refractivity contribution is 6.47. The molecular weight excluding hydrogens is 915 g/mol. The van der Waals surface area contributed by atoms with Crippen LogP contribution >= 0.6 is 0 Å². The smallest absolute Gasteiger partial charge is 0.0540 e. The Morgan fingerprint density at radius 2 is 0.711 bits per heavy atom. The maximum absolute atomic E-state index is 2.51. The highest BCUT2D eigenvalue weighted by atomic mass is 15.1. The molecule has 13 aromatic rings. The van der Waals surface area contributed by atoms with E-state index in [0.29, 0.717) is 0 Å². The van der Waals surface area contributed by atoms with Crippen LogP contribution in [-0.2, 0) is 0 Å². The van der Waals surface area contributed by atoms with Crippen LogP contribution in [0.25, 0.3) is 86.9 Å². The first-order chi connectivity index (χ1) is 36.7. The van der Waals surface area contributed by atoms with Crippen molar-refractivity contribution in [3.63, 3.8) is 0 Å². The Balaban J connectivity index is 1.20. The van der Waals surface area contributed by atoms with Gasteiger partial charge in [0.25, 0.3) is 0 Å². The van der Waals surface area contributed by atoms with Crippen molar-refractivity contribution >= 4 is 81.7 Å². The Morgan fingerprint density at radius 1 is 0.289 bits per heavy atom. The van der Waals surface area contributed by atoms with Gasteiger partial charge in [-0.15, -0.1) is 0 Å². The van der Waals surface area contributed by atoms with Gasteiger partial charge in [0, 0.05) is 22.7 Å². The van der Waals surface area contributed by atoms with Crippen LogP contribution in [0, 0.1) is 83.1 Å². The SMILES string of the molecule is Cc1ccc(-c2c3c4ccc(C(c5ccc(C)c(C)c5)c5cc(C)c(C)c(C)c5)c5cccc(c3c(-c3ccc(C)cc3)c3c6ccc(N(c7ccc(C)c(C)c7)c7cc(C)c(C)c(C)c7)c7cccc(c23)c76)c54)cc1. The predicted octanol–water partition coefficient (Wildman–Crippen LogP) is 21.2. The van der Waals surface area contributed by atoms with Crippen LogP contribution in [0.15, 0.2) is 170 Å². The number of anilines is 3. The second-order valence-corrected chi connectivity index (χ2v) is 22.6. The van der Waals surface area contributed by atoms with Gasteiger partial charge in [-0.25, -0.2) is 0 Å². The third kappa shape index (κ3) is 7.19.